The smallest absolute Gasteiger partial charge is 0.494 e. The minimum Gasteiger partial charge on any atom is -0.494 e. The lowest BCUT2D eigenvalue weighted by Crippen LogP contribution is -2.47. The van der Waals surface area contributed by atoms with Crippen LogP contribution < -0.4 is 5.46 Å². The number of hydrogen-bond donors (Lipinski definition) is 0. The van der Waals surface area contributed by atoms with Crippen LogP contribution in [0.4, 0.5) is 13.2 Å². The maximum absolute atomic E-state index is 13.7. The molecule has 1 aliphatic rings. The molecule has 6 nitrogen and oxygen atoms in total. The summed E-state index contributed by atoms with van der Waals surface area (Å²) in [6.45, 7) is 0.0416. The lowest BCUT2D eigenvalue weighted by Gasteiger charge is -2.22. The van der Waals surface area contributed by atoms with E-state index in [1.807, 2.05) is 30.3 Å². The number of carbonyl (C=O) groups excluding carboxylic acids is 2. The molecule has 33 heavy (non-hydrogen) atoms. The van der Waals surface area contributed by atoms with Crippen molar-refractivity contribution in [2.45, 2.75) is 12.7 Å². The van der Waals surface area contributed by atoms with Crippen molar-refractivity contribution in [1.82, 2.24) is 9.47 Å². The van der Waals surface area contributed by atoms with E-state index >= 15 is 0 Å². The maximum atomic E-state index is 13.7. The maximum Gasteiger partial charge on any atom is 0.638 e. The molecule has 0 saturated carbocycles. The molecule has 0 aliphatic carbocycles. The Kier molecular flexibility index (Phi) is 6.28. The highest BCUT2D eigenvalue weighted by molar-refractivity contribution is 6.64. The van der Waals surface area contributed by atoms with E-state index in [4.69, 9.17) is 9.31 Å². The molecule has 1 fully saturated rings. The molecular formula is C23H20BF3N2O4. The second kappa shape index (κ2) is 9.15. The number of alkyl halides is 3. The summed E-state index contributed by atoms with van der Waals surface area (Å²) in [5, 5.41) is 0. The van der Waals surface area contributed by atoms with Crippen LogP contribution in [0.5, 0.6) is 0 Å². The number of halogens is 3. The van der Waals surface area contributed by atoms with Crippen molar-refractivity contribution in [2.24, 2.45) is 0 Å². The third-order valence-corrected chi connectivity index (χ3v) is 5.17. The Hall–Kier alpha value is -3.53. The van der Waals surface area contributed by atoms with E-state index in [0.717, 1.165) is 11.6 Å². The molecule has 0 radical (unpaired) electrons. The molecule has 170 valence electrons. The molecule has 1 saturated heterocycles. The number of hydrogen-bond acceptors (Lipinski definition) is 5. The molecule has 0 N–H and O–H groups in total. The zero-order valence-corrected chi connectivity index (χ0v) is 17.7. The topological polar surface area (TPSA) is 60.8 Å². The largest absolute Gasteiger partial charge is 0.638 e. The zero-order valence-electron chi connectivity index (χ0n) is 17.7. The van der Waals surface area contributed by atoms with Gasteiger partial charge in [0.2, 0.25) is 0 Å². The number of carbonyl (C=O) groups is 2. The Morgan fingerprint density at radius 2 is 1.55 bits per heavy atom. The Balaban J connectivity index is 1.79. The summed E-state index contributed by atoms with van der Waals surface area (Å²) in [7, 11) is 0.221. The molecule has 0 amide bonds. The van der Waals surface area contributed by atoms with E-state index in [2.05, 4.69) is 0 Å². The van der Waals surface area contributed by atoms with Crippen molar-refractivity contribution in [3.8, 4) is 11.3 Å². The van der Waals surface area contributed by atoms with Crippen LogP contribution in [0, 0.1) is 0 Å². The van der Waals surface area contributed by atoms with Gasteiger partial charge >= 0.3 is 25.2 Å². The molecule has 3 aromatic rings. The molecule has 0 atom stereocenters. The average Bonchev–Trinajstić information content (AvgIpc) is 3.15. The van der Waals surface area contributed by atoms with Gasteiger partial charge in [-0.1, -0.05) is 48.5 Å². The van der Waals surface area contributed by atoms with Gasteiger partial charge in [0.25, 0.3) is 0 Å². The van der Waals surface area contributed by atoms with Crippen molar-refractivity contribution >= 4 is 24.5 Å². The summed E-state index contributed by atoms with van der Waals surface area (Å²) in [5.74, 6) is -1.22. The van der Waals surface area contributed by atoms with Gasteiger partial charge < -0.3 is 13.9 Å². The Morgan fingerprint density at radius 1 is 0.939 bits per heavy atom. The van der Waals surface area contributed by atoms with Crippen LogP contribution in [0.3, 0.4) is 0 Å². The monoisotopic (exact) mass is 456 g/mol. The van der Waals surface area contributed by atoms with E-state index in [9.17, 15) is 22.8 Å². The molecule has 1 aliphatic heterocycles. The fourth-order valence-electron chi connectivity index (χ4n) is 3.72. The lowest BCUT2D eigenvalue weighted by atomic mass is 9.80. The molecule has 0 unspecified atom stereocenters. The molecule has 0 spiro atoms. The lowest BCUT2D eigenvalue weighted by molar-refractivity contribution is -0.145. The second-order valence-electron chi connectivity index (χ2n) is 7.80. The van der Waals surface area contributed by atoms with Gasteiger partial charge in [0.05, 0.1) is 18.7 Å². The van der Waals surface area contributed by atoms with Gasteiger partial charge in [-0.15, -0.1) is 0 Å². The van der Waals surface area contributed by atoms with Crippen molar-refractivity contribution in [2.75, 3.05) is 20.1 Å². The van der Waals surface area contributed by atoms with Crippen LogP contribution in [0.15, 0.2) is 66.9 Å². The average molecular weight is 456 g/mol. The van der Waals surface area contributed by atoms with Crippen LogP contribution in [-0.4, -0.2) is 48.7 Å². The number of benzene rings is 2. The highest BCUT2D eigenvalue weighted by Crippen LogP contribution is 2.37. The highest BCUT2D eigenvalue weighted by Gasteiger charge is 2.37. The summed E-state index contributed by atoms with van der Waals surface area (Å²) in [5.41, 5.74) is 0.559. The third kappa shape index (κ3) is 5.28. The SMILES string of the molecule is CN1CC(=O)OB(c2cc(-c3ccccc3C(F)(F)F)n(Cc3ccccc3)c2)OC(=O)C1. The molecule has 1 aromatic heterocycles. The first kappa shape index (κ1) is 22.7. The summed E-state index contributed by atoms with van der Waals surface area (Å²) in [6, 6.07) is 15.9. The molecule has 0 bridgehead atoms. The first-order chi connectivity index (χ1) is 15.7. The van der Waals surface area contributed by atoms with Crippen LogP contribution >= 0.6 is 0 Å². The van der Waals surface area contributed by atoms with E-state index in [-0.39, 0.29) is 36.4 Å². The molecule has 2 aromatic carbocycles. The summed E-state index contributed by atoms with van der Waals surface area (Å²) < 4.78 is 53.5. The predicted octanol–water partition coefficient (Wildman–Crippen LogP) is 2.95. The minimum absolute atomic E-state index is 0.0320. The number of likely N-dealkylation sites (N-methyl/N-ethyl adjacent to an activating group) is 1. The fraction of sp³-hybridized carbons (Fsp3) is 0.217. The van der Waals surface area contributed by atoms with Gasteiger partial charge in [-0.2, -0.15) is 13.2 Å². The Bertz CT molecular complexity index is 1140. The van der Waals surface area contributed by atoms with Gasteiger partial charge in [0.15, 0.2) is 0 Å². The standard InChI is InChI=1S/C23H20BF3N2O4/c1-28-14-21(30)32-24(33-22(31)15-28)17-11-20(18-9-5-6-10-19(18)23(25,26)27)29(13-17)12-16-7-3-2-4-8-16/h2-11,13H,12,14-15H2,1H3. The molecule has 10 heteroatoms. The summed E-state index contributed by atoms with van der Waals surface area (Å²) in [4.78, 5) is 25.8. The van der Waals surface area contributed by atoms with Gasteiger partial charge in [-0.05, 0) is 24.7 Å². The first-order valence-corrected chi connectivity index (χ1v) is 10.2. The van der Waals surface area contributed by atoms with E-state index in [1.165, 1.54) is 29.2 Å². The van der Waals surface area contributed by atoms with Gasteiger partial charge in [0.1, 0.15) is 0 Å². The minimum atomic E-state index is -4.57. The number of rotatable bonds is 4. The van der Waals surface area contributed by atoms with Crippen molar-refractivity contribution < 1.29 is 32.1 Å². The first-order valence-electron chi connectivity index (χ1n) is 10.2. The summed E-state index contributed by atoms with van der Waals surface area (Å²) >= 11 is 0. The molecular weight excluding hydrogens is 436 g/mol. The van der Waals surface area contributed by atoms with E-state index in [1.54, 1.807) is 17.8 Å². The van der Waals surface area contributed by atoms with Gasteiger partial charge in [0, 0.05) is 29.5 Å². The van der Waals surface area contributed by atoms with Crippen LogP contribution in [0.25, 0.3) is 11.3 Å². The van der Waals surface area contributed by atoms with E-state index < -0.39 is 30.8 Å². The fourth-order valence-corrected chi connectivity index (χ4v) is 3.72. The van der Waals surface area contributed by atoms with Crippen LogP contribution in [-0.2, 0) is 31.6 Å². The molecule has 2 heterocycles. The van der Waals surface area contributed by atoms with Gasteiger partial charge in [-0.25, -0.2) is 0 Å². The second-order valence-corrected chi connectivity index (χ2v) is 7.80. The van der Waals surface area contributed by atoms with Crippen LogP contribution in [0.1, 0.15) is 11.1 Å². The Labute approximate surface area is 188 Å². The predicted molar refractivity (Wildman–Crippen MR) is 115 cm³/mol. The van der Waals surface area contributed by atoms with Crippen LogP contribution in [0.2, 0.25) is 0 Å². The number of nitrogens with zero attached hydrogens (tertiary/aromatic N) is 2. The summed E-state index contributed by atoms with van der Waals surface area (Å²) in [6.07, 6.45) is -3.02. The quantitative estimate of drug-likeness (QED) is 0.566. The van der Waals surface area contributed by atoms with Gasteiger partial charge in [-0.3, -0.25) is 14.5 Å². The highest BCUT2D eigenvalue weighted by atomic mass is 19.4. The zero-order chi connectivity index (χ0) is 23.6. The van der Waals surface area contributed by atoms with E-state index in [0.29, 0.717) is 0 Å². The van der Waals surface area contributed by atoms with Crippen molar-refractivity contribution in [3.05, 3.63) is 78.0 Å². The Morgan fingerprint density at radius 3 is 2.18 bits per heavy atom. The number of aromatic nitrogens is 1. The normalized spacial score (nSPS) is 15.6. The third-order valence-electron chi connectivity index (χ3n) is 5.17. The van der Waals surface area contributed by atoms with Crippen molar-refractivity contribution in [3.63, 3.8) is 0 Å². The molecule has 4 rings (SSSR count). The van der Waals surface area contributed by atoms with Crippen molar-refractivity contribution in [1.29, 1.82) is 0 Å².